The zero-order valence-electron chi connectivity index (χ0n) is 13.5. The smallest absolute Gasteiger partial charge is 0.0468 e. The molecule has 0 spiro atoms. The predicted molar refractivity (Wildman–Crippen MR) is 86.1 cm³/mol. The lowest BCUT2D eigenvalue weighted by atomic mass is 9.83. The van der Waals surface area contributed by atoms with Gasteiger partial charge in [-0.05, 0) is 56.9 Å². The van der Waals surface area contributed by atoms with Gasteiger partial charge < -0.3 is 10.1 Å². The van der Waals surface area contributed by atoms with E-state index in [4.69, 9.17) is 4.74 Å². The van der Waals surface area contributed by atoms with Crippen molar-refractivity contribution in [2.75, 3.05) is 19.8 Å². The van der Waals surface area contributed by atoms with E-state index in [2.05, 4.69) is 12.2 Å². The number of hydrogen-bond donors (Lipinski definition) is 1. The Labute approximate surface area is 126 Å². The minimum Gasteiger partial charge on any atom is -0.381 e. The first-order valence-corrected chi connectivity index (χ1v) is 9.19. The van der Waals surface area contributed by atoms with Crippen molar-refractivity contribution in [2.24, 2.45) is 11.8 Å². The van der Waals surface area contributed by atoms with Gasteiger partial charge in [0.05, 0.1) is 0 Å². The summed E-state index contributed by atoms with van der Waals surface area (Å²) in [7, 11) is 0. The van der Waals surface area contributed by atoms with E-state index in [1.807, 2.05) is 0 Å². The lowest BCUT2D eigenvalue weighted by Crippen LogP contribution is -2.33. The Balaban J connectivity index is 1.70. The first-order valence-electron chi connectivity index (χ1n) is 9.19. The molecule has 0 amide bonds. The Morgan fingerprint density at radius 1 is 1.00 bits per heavy atom. The average molecular weight is 281 g/mol. The molecule has 1 saturated carbocycles. The maximum Gasteiger partial charge on any atom is 0.0468 e. The molecule has 0 radical (unpaired) electrons. The van der Waals surface area contributed by atoms with Gasteiger partial charge in [0.25, 0.3) is 0 Å². The van der Waals surface area contributed by atoms with Gasteiger partial charge in [-0.1, -0.05) is 39.0 Å². The van der Waals surface area contributed by atoms with E-state index in [0.29, 0.717) is 0 Å². The van der Waals surface area contributed by atoms with Gasteiger partial charge in [-0.3, -0.25) is 0 Å². The van der Waals surface area contributed by atoms with Crippen LogP contribution in [0.3, 0.4) is 0 Å². The lowest BCUT2D eigenvalue weighted by Gasteiger charge is -2.29. The molecule has 1 N–H and O–H groups in total. The van der Waals surface area contributed by atoms with E-state index in [1.165, 1.54) is 77.2 Å². The van der Waals surface area contributed by atoms with Crippen LogP contribution in [0, 0.1) is 11.8 Å². The van der Waals surface area contributed by atoms with E-state index in [-0.39, 0.29) is 0 Å². The quantitative estimate of drug-likeness (QED) is 0.705. The number of ether oxygens (including phenoxy) is 1. The van der Waals surface area contributed by atoms with Crippen molar-refractivity contribution in [1.29, 1.82) is 0 Å². The van der Waals surface area contributed by atoms with Gasteiger partial charge in [0.1, 0.15) is 0 Å². The summed E-state index contributed by atoms with van der Waals surface area (Å²) in [6.07, 6.45) is 15.5. The van der Waals surface area contributed by atoms with Gasteiger partial charge in [-0.15, -0.1) is 0 Å². The highest BCUT2D eigenvalue weighted by atomic mass is 16.5. The van der Waals surface area contributed by atoms with Crippen molar-refractivity contribution in [1.82, 2.24) is 5.32 Å². The van der Waals surface area contributed by atoms with Crippen LogP contribution in [-0.2, 0) is 4.74 Å². The molecule has 118 valence electrons. The van der Waals surface area contributed by atoms with Crippen molar-refractivity contribution >= 4 is 0 Å². The standard InChI is InChI=1S/C18H35NO/c1-2-12-19-18(15-17-10-13-20-14-11-17)9-8-16-6-4-3-5-7-16/h16-19H,2-15H2,1H3. The van der Waals surface area contributed by atoms with Crippen LogP contribution in [0.1, 0.15) is 77.6 Å². The number of nitrogens with one attached hydrogen (secondary N) is 1. The first-order chi connectivity index (χ1) is 9.88. The zero-order valence-corrected chi connectivity index (χ0v) is 13.5. The molecule has 2 rings (SSSR count). The second kappa shape index (κ2) is 9.78. The minimum atomic E-state index is 0.764. The summed E-state index contributed by atoms with van der Waals surface area (Å²) in [5.41, 5.74) is 0. The highest BCUT2D eigenvalue weighted by molar-refractivity contribution is 4.76. The lowest BCUT2D eigenvalue weighted by molar-refractivity contribution is 0.0598. The molecule has 2 heteroatoms. The molecule has 1 atom stereocenters. The van der Waals surface area contributed by atoms with Gasteiger partial charge in [-0.2, -0.15) is 0 Å². The Morgan fingerprint density at radius 2 is 1.75 bits per heavy atom. The predicted octanol–water partition coefficient (Wildman–Crippen LogP) is 4.53. The van der Waals surface area contributed by atoms with Gasteiger partial charge in [0, 0.05) is 19.3 Å². The highest BCUT2D eigenvalue weighted by Crippen LogP contribution is 2.29. The summed E-state index contributed by atoms with van der Waals surface area (Å²) in [5, 5.41) is 3.82. The molecular formula is C18H35NO. The van der Waals surface area contributed by atoms with Crippen LogP contribution in [0.5, 0.6) is 0 Å². The second-order valence-electron chi connectivity index (χ2n) is 7.02. The van der Waals surface area contributed by atoms with Gasteiger partial charge in [0.2, 0.25) is 0 Å². The minimum absolute atomic E-state index is 0.764. The van der Waals surface area contributed by atoms with Crippen molar-refractivity contribution < 1.29 is 4.74 Å². The second-order valence-corrected chi connectivity index (χ2v) is 7.02. The Hall–Kier alpha value is -0.0800. The fraction of sp³-hybridized carbons (Fsp3) is 1.00. The summed E-state index contributed by atoms with van der Waals surface area (Å²) >= 11 is 0. The van der Waals surface area contributed by atoms with Gasteiger partial charge in [-0.25, -0.2) is 0 Å². The molecule has 0 aromatic rings. The normalized spacial score (nSPS) is 23.9. The maximum absolute atomic E-state index is 5.50. The van der Waals surface area contributed by atoms with Gasteiger partial charge >= 0.3 is 0 Å². The molecule has 1 heterocycles. The molecule has 1 aliphatic carbocycles. The molecule has 1 aliphatic heterocycles. The van der Waals surface area contributed by atoms with Crippen LogP contribution in [0.2, 0.25) is 0 Å². The Kier molecular flexibility index (Phi) is 7.97. The first kappa shape index (κ1) is 16.3. The molecule has 0 aromatic carbocycles. The van der Waals surface area contributed by atoms with Crippen molar-refractivity contribution in [3.8, 4) is 0 Å². The molecule has 2 aliphatic rings. The largest absolute Gasteiger partial charge is 0.381 e. The molecule has 1 unspecified atom stereocenters. The Bertz CT molecular complexity index is 232. The molecule has 2 fully saturated rings. The molecule has 1 saturated heterocycles. The summed E-state index contributed by atoms with van der Waals surface area (Å²) < 4.78 is 5.50. The number of rotatable bonds is 8. The maximum atomic E-state index is 5.50. The van der Waals surface area contributed by atoms with Crippen LogP contribution in [0.4, 0.5) is 0 Å². The third-order valence-corrected chi connectivity index (χ3v) is 5.29. The number of hydrogen-bond acceptors (Lipinski definition) is 2. The fourth-order valence-corrected chi connectivity index (χ4v) is 3.95. The summed E-state index contributed by atoms with van der Waals surface area (Å²) in [5.74, 6) is 1.94. The van der Waals surface area contributed by atoms with Crippen LogP contribution in [0.15, 0.2) is 0 Å². The SMILES string of the molecule is CCCNC(CCC1CCCCC1)CC1CCOCC1. The third kappa shape index (κ3) is 6.13. The molecule has 0 bridgehead atoms. The summed E-state index contributed by atoms with van der Waals surface area (Å²) in [6.45, 7) is 5.46. The highest BCUT2D eigenvalue weighted by Gasteiger charge is 2.21. The third-order valence-electron chi connectivity index (χ3n) is 5.29. The van der Waals surface area contributed by atoms with Gasteiger partial charge in [0.15, 0.2) is 0 Å². The summed E-state index contributed by atoms with van der Waals surface area (Å²) in [6, 6.07) is 0.764. The topological polar surface area (TPSA) is 21.3 Å². The van der Waals surface area contributed by atoms with Crippen LogP contribution in [-0.4, -0.2) is 25.8 Å². The zero-order chi connectivity index (χ0) is 14.0. The van der Waals surface area contributed by atoms with E-state index in [0.717, 1.165) is 31.1 Å². The van der Waals surface area contributed by atoms with E-state index in [9.17, 15) is 0 Å². The van der Waals surface area contributed by atoms with E-state index < -0.39 is 0 Å². The van der Waals surface area contributed by atoms with Crippen LogP contribution < -0.4 is 5.32 Å². The molecular weight excluding hydrogens is 246 g/mol. The summed E-state index contributed by atoms with van der Waals surface area (Å²) in [4.78, 5) is 0. The van der Waals surface area contributed by atoms with E-state index >= 15 is 0 Å². The van der Waals surface area contributed by atoms with Crippen molar-refractivity contribution in [2.45, 2.75) is 83.6 Å². The van der Waals surface area contributed by atoms with Crippen LogP contribution >= 0.6 is 0 Å². The Morgan fingerprint density at radius 3 is 2.45 bits per heavy atom. The van der Waals surface area contributed by atoms with Crippen LogP contribution in [0.25, 0.3) is 0 Å². The monoisotopic (exact) mass is 281 g/mol. The van der Waals surface area contributed by atoms with Crippen molar-refractivity contribution in [3.05, 3.63) is 0 Å². The fourth-order valence-electron chi connectivity index (χ4n) is 3.95. The van der Waals surface area contributed by atoms with E-state index in [1.54, 1.807) is 0 Å². The molecule has 2 nitrogen and oxygen atoms in total. The molecule has 20 heavy (non-hydrogen) atoms. The van der Waals surface area contributed by atoms with Crippen molar-refractivity contribution in [3.63, 3.8) is 0 Å². The average Bonchev–Trinajstić information content (AvgIpc) is 2.52. The molecule has 0 aromatic heterocycles.